The minimum atomic E-state index is -1.01. The van der Waals surface area contributed by atoms with Gasteiger partial charge in [-0.15, -0.1) is 10.1 Å². The van der Waals surface area contributed by atoms with E-state index in [1.54, 1.807) is 12.1 Å². The summed E-state index contributed by atoms with van der Waals surface area (Å²) in [5.74, 6) is -1.94. The third kappa shape index (κ3) is 10.0. The van der Waals surface area contributed by atoms with Crippen LogP contribution in [0.25, 0.3) is 0 Å². The molecule has 0 aromatic heterocycles. The summed E-state index contributed by atoms with van der Waals surface area (Å²) < 4.78 is 10.2. The molecule has 0 unspecified atom stereocenters. The summed E-state index contributed by atoms with van der Waals surface area (Å²) >= 11 is 0. The molecule has 11 nitrogen and oxygen atoms in total. The summed E-state index contributed by atoms with van der Waals surface area (Å²) in [5, 5.41) is 27.6. The number of esters is 2. The minimum Gasteiger partial charge on any atom is -0.454 e. The highest BCUT2D eigenvalue weighted by Crippen LogP contribution is 2.22. The Morgan fingerprint density at radius 2 is 1.77 bits per heavy atom. The number of hydrogen-bond acceptors (Lipinski definition) is 10. The molecule has 0 heterocycles. The Kier molecular flexibility index (Phi) is 11.1. The van der Waals surface area contributed by atoms with E-state index >= 15 is 0 Å². The standard InChI is InChI=1S/C20H27NO10/c1-20(13-22,14-23)11-15(24)12-29-19(26)16-7-4-5-8-17(16)31-18(25)9-3-2-6-10-30-21(27)28/h4-5,7-8,22-23H,2-3,6,9-14H2,1H3. The zero-order chi connectivity index (χ0) is 23.3. The molecule has 0 amide bonds. The molecule has 1 aromatic rings. The van der Waals surface area contributed by atoms with Gasteiger partial charge < -0.3 is 24.5 Å². The Balaban J connectivity index is 2.52. The van der Waals surface area contributed by atoms with Gasteiger partial charge in [0.1, 0.15) is 17.9 Å². The van der Waals surface area contributed by atoms with Gasteiger partial charge in [-0.1, -0.05) is 25.5 Å². The van der Waals surface area contributed by atoms with Gasteiger partial charge in [-0.3, -0.25) is 9.59 Å². The molecular weight excluding hydrogens is 414 g/mol. The second-order valence-corrected chi connectivity index (χ2v) is 7.26. The van der Waals surface area contributed by atoms with Gasteiger partial charge in [0.05, 0.1) is 19.8 Å². The Bertz CT molecular complexity index is 760. The minimum absolute atomic E-state index is 0.0165. The highest BCUT2D eigenvalue weighted by atomic mass is 16.9. The van der Waals surface area contributed by atoms with Crippen molar-refractivity contribution in [1.82, 2.24) is 0 Å². The van der Waals surface area contributed by atoms with Crippen LogP contribution in [0.2, 0.25) is 0 Å². The number of carbonyl (C=O) groups excluding carboxylic acids is 3. The highest BCUT2D eigenvalue weighted by molar-refractivity contribution is 5.95. The maximum absolute atomic E-state index is 12.3. The number of unbranched alkanes of at least 4 members (excludes halogenated alkanes) is 2. The Morgan fingerprint density at radius 1 is 1.10 bits per heavy atom. The molecule has 0 bridgehead atoms. The maximum Gasteiger partial charge on any atom is 0.342 e. The summed E-state index contributed by atoms with van der Waals surface area (Å²) in [6.07, 6.45) is 1.24. The lowest BCUT2D eigenvalue weighted by Gasteiger charge is -2.23. The number of Topliss-reactive ketones (excluding diaryl/α,β-unsaturated/α-hetero) is 1. The molecular formula is C20H27NO10. The fourth-order valence-corrected chi connectivity index (χ4v) is 2.50. The van der Waals surface area contributed by atoms with E-state index in [4.69, 9.17) is 9.47 Å². The lowest BCUT2D eigenvalue weighted by atomic mass is 9.87. The van der Waals surface area contributed by atoms with Crippen molar-refractivity contribution in [3.05, 3.63) is 39.9 Å². The first kappa shape index (κ1) is 26.0. The molecule has 0 spiro atoms. The van der Waals surface area contributed by atoms with Gasteiger partial charge in [0.15, 0.2) is 5.78 Å². The lowest BCUT2D eigenvalue weighted by molar-refractivity contribution is -0.757. The number of benzene rings is 1. The fraction of sp³-hybridized carbons (Fsp3) is 0.550. The van der Waals surface area contributed by atoms with Gasteiger partial charge in [0, 0.05) is 18.3 Å². The third-order valence-electron chi connectivity index (χ3n) is 4.30. The highest BCUT2D eigenvalue weighted by Gasteiger charge is 2.27. The molecule has 1 rings (SSSR count). The van der Waals surface area contributed by atoms with Crippen LogP contribution in [-0.4, -0.2) is 59.4 Å². The van der Waals surface area contributed by atoms with Crippen LogP contribution >= 0.6 is 0 Å². The van der Waals surface area contributed by atoms with Gasteiger partial charge in [-0.05, 0) is 25.0 Å². The van der Waals surface area contributed by atoms with Crippen LogP contribution in [0.15, 0.2) is 24.3 Å². The van der Waals surface area contributed by atoms with Crippen molar-refractivity contribution in [1.29, 1.82) is 0 Å². The lowest BCUT2D eigenvalue weighted by Crippen LogP contribution is -2.31. The monoisotopic (exact) mass is 441 g/mol. The van der Waals surface area contributed by atoms with Crippen molar-refractivity contribution in [3.63, 3.8) is 0 Å². The quantitative estimate of drug-likeness (QED) is 0.134. The number of carbonyl (C=O) groups is 3. The molecule has 0 atom stereocenters. The van der Waals surface area contributed by atoms with Crippen molar-refractivity contribution >= 4 is 17.7 Å². The summed E-state index contributed by atoms with van der Waals surface area (Å²) in [7, 11) is 0. The Labute approximate surface area is 179 Å². The molecule has 0 saturated carbocycles. The van der Waals surface area contributed by atoms with Crippen molar-refractivity contribution < 1.29 is 44.0 Å². The number of para-hydroxylation sites is 1. The number of ether oxygens (including phenoxy) is 2. The molecule has 31 heavy (non-hydrogen) atoms. The first-order chi connectivity index (χ1) is 14.7. The van der Waals surface area contributed by atoms with Crippen LogP contribution in [0.4, 0.5) is 0 Å². The summed E-state index contributed by atoms with van der Waals surface area (Å²) in [6.45, 7) is 0.125. The van der Waals surface area contributed by atoms with Gasteiger partial charge in [0.25, 0.3) is 5.09 Å². The van der Waals surface area contributed by atoms with E-state index in [0.29, 0.717) is 19.3 Å². The number of aliphatic hydroxyl groups excluding tert-OH is 2. The van der Waals surface area contributed by atoms with E-state index < -0.39 is 48.0 Å². The van der Waals surface area contributed by atoms with Crippen molar-refractivity contribution in [3.8, 4) is 5.75 Å². The average molecular weight is 441 g/mol. The molecule has 172 valence electrons. The van der Waals surface area contributed by atoms with E-state index in [1.807, 2.05) is 0 Å². The third-order valence-corrected chi connectivity index (χ3v) is 4.30. The first-order valence-corrected chi connectivity index (χ1v) is 9.68. The fourth-order valence-electron chi connectivity index (χ4n) is 2.50. The predicted molar refractivity (Wildman–Crippen MR) is 106 cm³/mol. The van der Waals surface area contributed by atoms with Crippen LogP contribution < -0.4 is 4.74 Å². The Morgan fingerprint density at radius 3 is 2.42 bits per heavy atom. The molecule has 1 aromatic carbocycles. The van der Waals surface area contributed by atoms with Gasteiger partial charge in [-0.25, -0.2) is 4.79 Å². The van der Waals surface area contributed by atoms with E-state index in [0.717, 1.165) is 0 Å². The molecule has 0 aliphatic carbocycles. The van der Waals surface area contributed by atoms with Crippen LogP contribution in [0.1, 0.15) is 49.4 Å². The van der Waals surface area contributed by atoms with Gasteiger partial charge in [-0.2, -0.15) is 0 Å². The summed E-state index contributed by atoms with van der Waals surface area (Å²) in [4.78, 5) is 50.5. The SMILES string of the molecule is CC(CO)(CO)CC(=O)COC(=O)c1ccccc1OC(=O)CCCCCO[N+](=O)[O-]. The normalized spacial score (nSPS) is 10.9. The predicted octanol–water partition coefficient (Wildman–Crippen LogP) is 1.47. The van der Waals surface area contributed by atoms with Crippen molar-refractivity contribution in [2.45, 2.75) is 39.0 Å². The average Bonchev–Trinajstić information content (AvgIpc) is 2.74. The van der Waals surface area contributed by atoms with Gasteiger partial charge >= 0.3 is 11.9 Å². The molecule has 0 aliphatic rings. The van der Waals surface area contributed by atoms with E-state index in [9.17, 15) is 34.7 Å². The number of rotatable bonds is 15. The number of nitrogens with zero attached hydrogens (tertiary/aromatic N) is 1. The van der Waals surface area contributed by atoms with Gasteiger partial charge in [0.2, 0.25) is 0 Å². The van der Waals surface area contributed by atoms with Crippen LogP contribution in [0.3, 0.4) is 0 Å². The van der Waals surface area contributed by atoms with Crippen molar-refractivity contribution in [2.24, 2.45) is 5.41 Å². The second kappa shape index (κ2) is 13.3. The topological polar surface area (TPSA) is 163 Å². The first-order valence-electron chi connectivity index (χ1n) is 9.68. The molecule has 2 N–H and O–H groups in total. The molecule has 0 aliphatic heterocycles. The van der Waals surface area contributed by atoms with Crippen LogP contribution in [-0.2, 0) is 19.2 Å². The van der Waals surface area contributed by atoms with E-state index in [-0.39, 0.29) is 30.8 Å². The molecule has 11 heteroatoms. The summed E-state index contributed by atoms with van der Waals surface area (Å²) in [6, 6.07) is 5.90. The zero-order valence-corrected chi connectivity index (χ0v) is 17.3. The smallest absolute Gasteiger partial charge is 0.342 e. The molecule has 0 radical (unpaired) electrons. The largest absolute Gasteiger partial charge is 0.454 e. The number of ketones is 1. The molecule has 0 saturated heterocycles. The maximum atomic E-state index is 12.3. The van der Waals surface area contributed by atoms with E-state index in [2.05, 4.69) is 4.84 Å². The number of hydrogen-bond donors (Lipinski definition) is 2. The zero-order valence-electron chi connectivity index (χ0n) is 17.3. The van der Waals surface area contributed by atoms with Crippen LogP contribution in [0, 0.1) is 15.5 Å². The van der Waals surface area contributed by atoms with E-state index in [1.165, 1.54) is 19.1 Å². The molecule has 0 fully saturated rings. The van der Waals surface area contributed by atoms with Crippen molar-refractivity contribution in [2.75, 3.05) is 26.4 Å². The second-order valence-electron chi connectivity index (χ2n) is 7.26. The summed E-state index contributed by atoms with van der Waals surface area (Å²) in [5.41, 5.74) is -1.04. The van der Waals surface area contributed by atoms with Crippen LogP contribution in [0.5, 0.6) is 5.75 Å². The Hall–Kier alpha value is -3.05. The number of aliphatic hydroxyl groups is 2.